The van der Waals surface area contributed by atoms with Crippen molar-refractivity contribution in [3.8, 4) is 5.75 Å². The van der Waals surface area contributed by atoms with Crippen molar-refractivity contribution in [3.63, 3.8) is 0 Å². The predicted molar refractivity (Wildman–Crippen MR) is 84.5 cm³/mol. The summed E-state index contributed by atoms with van der Waals surface area (Å²) in [7, 11) is 0. The fourth-order valence-corrected chi connectivity index (χ4v) is 1.96. The molecule has 0 saturated carbocycles. The van der Waals surface area contributed by atoms with E-state index in [0.29, 0.717) is 31.0 Å². The third kappa shape index (κ3) is 5.88. The molecule has 0 aromatic heterocycles. The Balaban J connectivity index is 1.60. The topological polar surface area (TPSA) is 38.3 Å². The number of ether oxygens (including phenoxy) is 1. The Morgan fingerprint density at radius 3 is 2.48 bits per heavy atom. The van der Waals surface area contributed by atoms with Gasteiger partial charge < -0.3 is 10.1 Å². The van der Waals surface area contributed by atoms with E-state index >= 15 is 0 Å². The molecule has 0 aliphatic rings. The minimum absolute atomic E-state index is 0.0293. The number of hydrogen-bond acceptors (Lipinski definition) is 2. The van der Waals surface area contributed by atoms with Gasteiger partial charge in [-0.25, -0.2) is 0 Å². The first kappa shape index (κ1) is 15.4. The van der Waals surface area contributed by atoms with Crippen LogP contribution in [0.3, 0.4) is 0 Å². The normalized spacial score (nSPS) is 10.1. The van der Waals surface area contributed by atoms with Gasteiger partial charge in [-0.2, -0.15) is 0 Å². The molecule has 2 aromatic carbocycles. The first-order valence-electron chi connectivity index (χ1n) is 6.93. The van der Waals surface area contributed by atoms with Gasteiger partial charge in [0.05, 0.1) is 6.61 Å². The highest BCUT2D eigenvalue weighted by Gasteiger charge is 2.02. The van der Waals surface area contributed by atoms with Crippen LogP contribution < -0.4 is 10.1 Å². The smallest absolute Gasteiger partial charge is 0.220 e. The van der Waals surface area contributed by atoms with Crippen LogP contribution in [0.2, 0.25) is 5.02 Å². The van der Waals surface area contributed by atoms with Gasteiger partial charge in [-0.15, -0.1) is 0 Å². The lowest BCUT2D eigenvalue weighted by Gasteiger charge is -2.07. The number of carbonyl (C=O) groups is 1. The van der Waals surface area contributed by atoms with Crippen molar-refractivity contribution >= 4 is 17.5 Å². The number of carbonyl (C=O) groups excluding carboxylic acids is 1. The van der Waals surface area contributed by atoms with Crippen LogP contribution in [0.1, 0.15) is 18.4 Å². The molecule has 4 heteroatoms. The average molecular weight is 304 g/mol. The summed E-state index contributed by atoms with van der Waals surface area (Å²) >= 11 is 5.81. The predicted octanol–water partition coefficient (Wildman–Crippen LogP) is 3.82. The first-order valence-corrected chi connectivity index (χ1v) is 7.31. The maximum absolute atomic E-state index is 11.7. The van der Waals surface area contributed by atoms with Gasteiger partial charge >= 0.3 is 0 Å². The Labute approximate surface area is 129 Å². The highest BCUT2D eigenvalue weighted by molar-refractivity contribution is 6.30. The van der Waals surface area contributed by atoms with Crippen molar-refractivity contribution in [2.24, 2.45) is 0 Å². The van der Waals surface area contributed by atoms with Gasteiger partial charge in [0.25, 0.3) is 0 Å². The summed E-state index contributed by atoms with van der Waals surface area (Å²) in [5, 5.41) is 3.58. The molecule has 0 saturated heterocycles. The maximum Gasteiger partial charge on any atom is 0.220 e. The number of para-hydroxylation sites is 1. The van der Waals surface area contributed by atoms with Crippen molar-refractivity contribution in [2.45, 2.75) is 19.4 Å². The fourth-order valence-electron chi connectivity index (χ4n) is 1.83. The Hall–Kier alpha value is -2.00. The van der Waals surface area contributed by atoms with Gasteiger partial charge in [-0.3, -0.25) is 4.79 Å². The molecular formula is C17H18ClNO2. The molecule has 110 valence electrons. The number of nitrogens with one attached hydrogen (secondary N) is 1. The molecular weight excluding hydrogens is 286 g/mol. The van der Waals surface area contributed by atoms with Gasteiger partial charge in [0.15, 0.2) is 0 Å². The lowest BCUT2D eigenvalue weighted by atomic mass is 10.2. The van der Waals surface area contributed by atoms with Crippen LogP contribution in [0.25, 0.3) is 0 Å². The molecule has 1 N–H and O–H groups in total. The van der Waals surface area contributed by atoms with Crippen molar-refractivity contribution < 1.29 is 9.53 Å². The second-order valence-corrected chi connectivity index (χ2v) is 5.10. The van der Waals surface area contributed by atoms with Crippen LogP contribution >= 0.6 is 11.6 Å². The second-order valence-electron chi connectivity index (χ2n) is 4.67. The molecule has 2 rings (SSSR count). The van der Waals surface area contributed by atoms with Crippen molar-refractivity contribution in [1.29, 1.82) is 0 Å². The van der Waals surface area contributed by atoms with E-state index in [2.05, 4.69) is 5.32 Å². The van der Waals surface area contributed by atoms with Crippen molar-refractivity contribution in [1.82, 2.24) is 5.32 Å². The number of rotatable bonds is 7. The summed E-state index contributed by atoms with van der Waals surface area (Å²) in [4.78, 5) is 11.7. The van der Waals surface area contributed by atoms with Crippen LogP contribution in [-0.2, 0) is 11.3 Å². The lowest BCUT2D eigenvalue weighted by Crippen LogP contribution is -2.22. The molecule has 0 spiro atoms. The third-order valence-corrected chi connectivity index (χ3v) is 3.22. The quantitative estimate of drug-likeness (QED) is 0.790. The van der Waals surface area contributed by atoms with E-state index in [1.165, 1.54) is 0 Å². The molecule has 0 bridgehead atoms. The highest BCUT2D eigenvalue weighted by atomic mass is 35.5. The maximum atomic E-state index is 11.7. The van der Waals surface area contributed by atoms with Gasteiger partial charge in [-0.05, 0) is 36.2 Å². The molecule has 0 aliphatic heterocycles. The summed E-state index contributed by atoms with van der Waals surface area (Å²) in [6.07, 6.45) is 1.15. The summed E-state index contributed by atoms with van der Waals surface area (Å²) in [6, 6.07) is 17.0. The number of hydrogen-bond donors (Lipinski definition) is 1. The van der Waals surface area contributed by atoms with E-state index in [-0.39, 0.29) is 5.91 Å². The highest BCUT2D eigenvalue weighted by Crippen LogP contribution is 2.10. The van der Waals surface area contributed by atoms with Gasteiger partial charge in [0, 0.05) is 18.0 Å². The molecule has 0 atom stereocenters. The average Bonchev–Trinajstić information content (AvgIpc) is 2.52. The molecule has 0 fully saturated rings. The zero-order valence-electron chi connectivity index (χ0n) is 11.7. The van der Waals surface area contributed by atoms with E-state index in [4.69, 9.17) is 16.3 Å². The van der Waals surface area contributed by atoms with Crippen molar-refractivity contribution in [2.75, 3.05) is 6.61 Å². The van der Waals surface area contributed by atoms with Crippen molar-refractivity contribution in [3.05, 3.63) is 65.2 Å². The zero-order chi connectivity index (χ0) is 14.9. The molecule has 0 heterocycles. The minimum atomic E-state index is 0.0293. The van der Waals surface area contributed by atoms with Crippen LogP contribution in [0.4, 0.5) is 0 Å². The van der Waals surface area contributed by atoms with Crippen LogP contribution in [0, 0.1) is 0 Å². The number of benzene rings is 2. The summed E-state index contributed by atoms with van der Waals surface area (Å²) in [6.45, 7) is 1.06. The van der Waals surface area contributed by atoms with E-state index in [1.54, 1.807) is 0 Å². The number of amides is 1. The van der Waals surface area contributed by atoms with Crippen LogP contribution in [0.15, 0.2) is 54.6 Å². The van der Waals surface area contributed by atoms with E-state index in [1.807, 2.05) is 54.6 Å². The monoisotopic (exact) mass is 303 g/mol. The van der Waals surface area contributed by atoms with E-state index in [9.17, 15) is 4.79 Å². The molecule has 3 nitrogen and oxygen atoms in total. The molecule has 2 aromatic rings. The molecule has 21 heavy (non-hydrogen) atoms. The Kier molecular flexibility index (Phi) is 6.10. The molecule has 1 amide bonds. The van der Waals surface area contributed by atoms with Gasteiger partial charge in [-0.1, -0.05) is 41.9 Å². The largest absolute Gasteiger partial charge is 0.494 e. The lowest BCUT2D eigenvalue weighted by molar-refractivity contribution is -0.121. The Morgan fingerprint density at radius 1 is 1.05 bits per heavy atom. The Morgan fingerprint density at radius 2 is 1.76 bits per heavy atom. The molecule has 0 unspecified atom stereocenters. The SMILES string of the molecule is O=C(CCCOc1ccccc1)NCc1ccc(Cl)cc1. The zero-order valence-corrected chi connectivity index (χ0v) is 12.5. The standard InChI is InChI=1S/C17H18ClNO2/c18-15-10-8-14(9-11-15)13-19-17(20)7-4-12-21-16-5-2-1-3-6-16/h1-3,5-6,8-11H,4,7,12-13H2,(H,19,20). The van der Waals surface area contributed by atoms with Crippen LogP contribution in [-0.4, -0.2) is 12.5 Å². The molecule has 0 radical (unpaired) electrons. The summed E-state index contributed by atoms with van der Waals surface area (Å²) < 4.78 is 5.54. The van der Waals surface area contributed by atoms with Gasteiger partial charge in [0.2, 0.25) is 5.91 Å². The first-order chi connectivity index (χ1) is 10.2. The van der Waals surface area contributed by atoms with E-state index < -0.39 is 0 Å². The number of halogens is 1. The van der Waals surface area contributed by atoms with E-state index in [0.717, 1.165) is 11.3 Å². The fraction of sp³-hybridized carbons (Fsp3) is 0.235. The van der Waals surface area contributed by atoms with Crippen LogP contribution in [0.5, 0.6) is 5.75 Å². The summed E-state index contributed by atoms with van der Waals surface area (Å²) in [5.41, 5.74) is 1.04. The Bertz CT molecular complexity index is 555. The summed E-state index contributed by atoms with van der Waals surface area (Å²) in [5.74, 6) is 0.862. The molecule has 0 aliphatic carbocycles. The minimum Gasteiger partial charge on any atom is -0.494 e. The second kappa shape index (κ2) is 8.32. The third-order valence-electron chi connectivity index (χ3n) is 2.96. The van der Waals surface area contributed by atoms with Gasteiger partial charge in [0.1, 0.15) is 5.75 Å².